The summed E-state index contributed by atoms with van der Waals surface area (Å²) in [4.78, 5) is 25.1. The van der Waals surface area contributed by atoms with Gasteiger partial charge in [-0.15, -0.1) is 0 Å². The third-order valence-electron chi connectivity index (χ3n) is 7.50. The van der Waals surface area contributed by atoms with E-state index in [9.17, 15) is 14.7 Å². The average molecular weight is 461 g/mol. The number of hydrogen-bond donors (Lipinski definition) is 3. The highest BCUT2D eigenvalue weighted by Crippen LogP contribution is 2.60. The minimum atomic E-state index is -0.898. The van der Waals surface area contributed by atoms with Gasteiger partial charge in [-0.2, -0.15) is 0 Å². The van der Waals surface area contributed by atoms with Crippen molar-refractivity contribution in [2.45, 2.75) is 51.0 Å². The summed E-state index contributed by atoms with van der Waals surface area (Å²) in [7, 11) is 3.06. The van der Waals surface area contributed by atoms with E-state index in [2.05, 4.69) is 10.6 Å². The van der Waals surface area contributed by atoms with Gasteiger partial charge in [0, 0.05) is 24.9 Å². The van der Waals surface area contributed by atoms with Crippen molar-refractivity contribution in [3.05, 3.63) is 18.2 Å². The molecule has 0 saturated heterocycles. The second kappa shape index (κ2) is 10.2. The molecule has 8 heteroatoms. The van der Waals surface area contributed by atoms with Gasteiger partial charge in [0.2, 0.25) is 17.6 Å². The van der Waals surface area contributed by atoms with Gasteiger partial charge in [0.1, 0.15) is 12.7 Å². The maximum atomic E-state index is 12.9. The van der Waals surface area contributed by atoms with Gasteiger partial charge in [-0.25, -0.2) is 0 Å². The summed E-state index contributed by atoms with van der Waals surface area (Å²) >= 11 is 0. The third kappa shape index (κ3) is 5.37. The number of nitrogens with one attached hydrogen (secondary N) is 2. The standard InChI is InChI=1S/C25H36N2O6/c1-31-20-4-3-5-21(32-2)23(20)33-15-19(28)14-27-22(29)6-7-26-24(30)25-11-16-8-17(12-25)10-18(9-16)13-25/h3-5,16-19,28H,6-15H2,1-2H3,(H,26,30)(H,27,29). The Morgan fingerprint density at radius 2 is 1.61 bits per heavy atom. The van der Waals surface area contributed by atoms with Crippen LogP contribution in [0.5, 0.6) is 17.2 Å². The summed E-state index contributed by atoms with van der Waals surface area (Å²) in [6, 6.07) is 5.26. The molecule has 182 valence electrons. The van der Waals surface area contributed by atoms with Crippen molar-refractivity contribution in [1.29, 1.82) is 0 Å². The molecule has 1 aromatic carbocycles. The van der Waals surface area contributed by atoms with E-state index in [0.717, 1.165) is 19.3 Å². The Hall–Kier alpha value is -2.48. The van der Waals surface area contributed by atoms with Crippen LogP contribution in [0.1, 0.15) is 44.9 Å². The normalized spacial score (nSPS) is 28.2. The first-order valence-corrected chi connectivity index (χ1v) is 12.0. The molecule has 0 radical (unpaired) electrons. The summed E-state index contributed by atoms with van der Waals surface area (Å²) in [6.45, 7) is 0.344. The molecule has 4 fully saturated rings. The van der Waals surface area contributed by atoms with E-state index in [0.29, 0.717) is 41.5 Å². The van der Waals surface area contributed by atoms with Crippen LogP contribution in [0.4, 0.5) is 0 Å². The Kier molecular flexibility index (Phi) is 7.32. The third-order valence-corrected chi connectivity index (χ3v) is 7.50. The van der Waals surface area contributed by atoms with Gasteiger partial charge in [0.15, 0.2) is 11.5 Å². The van der Waals surface area contributed by atoms with Gasteiger partial charge in [-0.3, -0.25) is 9.59 Å². The molecule has 33 heavy (non-hydrogen) atoms. The highest BCUT2D eigenvalue weighted by molar-refractivity contribution is 5.84. The molecule has 0 aliphatic heterocycles. The molecular formula is C25H36N2O6. The van der Waals surface area contributed by atoms with Gasteiger partial charge in [0.25, 0.3) is 0 Å². The molecule has 1 atom stereocenters. The van der Waals surface area contributed by atoms with Crippen LogP contribution in [0.15, 0.2) is 18.2 Å². The molecule has 4 saturated carbocycles. The predicted octanol–water partition coefficient (Wildman–Crippen LogP) is 2.28. The predicted molar refractivity (Wildman–Crippen MR) is 122 cm³/mol. The first-order valence-electron chi connectivity index (χ1n) is 12.0. The fourth-order valence-corrected chi connectivity index (χ4v) is 6.38. The lowest BCUT2D eigenvalue weighted by molar-refractivity contribution is -0.146. The van der Waals surface area contributed by atoms with Gasteiger partial charge >= 0.3 is 0 Å². The number of aliphatic hydroxyl groups excluding tert-OH is 1. The molecule has 4 bridgehead atoms. The van der Waals surface area contributed by atoms with Crippen molar-refractivity contribution in [3.63, 3.8) is 0 Å². The highest BCUT2D eigenvalue weighted by atomic mass is 16.5. The van der Waals surface area contributed by atoms with Crippen molar-refractivity contribution < 1.29 is 28.9 Å². The quantitative estimate of drug-likeness (QED) is 0.468. The van der Waals surface area contributed by atoms with Crippen LogP contribution < -0.4 is 24.8 Å². The number of hydrogen-bond acceptors (Lipinski definition) is 6. The summed E-state index contributed by atoms with van der Waals surface area (Å²) in [5, 5.41) is 15.9. The van der Waals surface area contributed by atoms with Crippen LogP contribution in [0.3, 0.4) is 0 Å². The van der Waals surface area contributed by atoms with E-state index in [-0.39, 0.29) is 36.8 Å². The van der Waals surface area contributed by atoms with Crippen LogP contribution >= 0.6 is 0 Å². The van der Waals surface area contributed by atoms with Crippen molar-refractivity contribution >= 4 is 11.8 Å². The van der Waals surface area contributed by atoms with E-state index < -0.39 is 6.10 Å². The van der Waals surface area contributed by atoms with Crippen molar-refractivity contribution in [2.75, 3.05) is 33.9 Å². The van der Waals surface area contributed by atoms with Crippen LogP contribution in [0.2, 0.25) is 0 Å². The molecular weight excluding hydrogens is 424 g/mol. The molecule has 2 amide bonds. The number of rotatable bonds is 11. The lowest BCUT2D eigenvalue weighted by Gasteiger charge is -2.55. The summed E-state index contributed by atoms with van der Waals surface area (Å²) in [5.74, 6) is 3.46. The summed E-state index contributed by atoms with van der Waals surface area (Å²) < 4.78 is 16.2. The maximum Gasteiger partial charge on any atom is 0.226 e. The first-order chi connectivity index (χ1) is 15.9. The maximum absolute atomic E-state index is 12.9. The smallest absolute Gasteiger partial charge is 0.226 e. The minimum Gasteiger partial charge on any atom is -0.493 e. The zero-order valence-electron chi connectivity index (χ0n) is 19.6. The van der Waals surface area contributed by atoms with Gasteiger partial charge < -0.3 is 30.0 Å². The Morgan fingerprint density at radius 3 is 2.15 bits per heavy atom. The molecule has 4 aliphatic rings. The van der Waals surface area contributed by atoms with Crippen LogP contribution in [0.25, 0.3) is 0 Å². The number of carbonyl (C=O) groups is 2. The first kappa shape index (κ1) is 23.7. The molecule has 3 N–H and O–H groups in total. The second-order valence-electron chi connectivity index (χ2n) is 9.96. The van der Waals surface area contributed by atoms with Gasteiger partial charge in [-0.1, -0.05) is 6.07 Å². The van der Waals surface area contributed by atoms with E-state index in [1.54, 1.807) is 18.2 Å². The summed E-state index contributed by atoms with van der Waals surface area (Å²) in [5.41, 5.74) is -0.196. The monoisotopic (exact) mass is 460 g/mol. The highest BCUT2D eigenvalue weighted by Gasteiger charge is 2.54. The fourth-order valence-electron chi connectivity index (χ4n) is 6.38. The summed E-state index contributed by atoms with van der Waals surface area (Å²) in [6.07, 6.45) is 6.22. The van der Waals surface area contributed by atoms with Crippen LogP contribution in [-0.2, 0) is 9.59 Å². The Morgan fingerprint density at radius 1 is 1.03 bits per heavy atom. The fraction of sp³-hybridized carbons (Fsp3) is 0.680. The lowest BCUT2D eigenvalue weighted by Crippen LogP contribution is -2.53. The largest absolute Gasteiger partial charge is 0.493 e. The average Bonchev–Trinajstić information content (AvgIpc) is 2.80. The molecule has 5 rings (SSSR count). The van der Waals surface area contributed by atoms with E-state index in [1.807, 2.05) is 0 Å². The number of aliphatic hydroxyl groups is 1. The number of carbonyl (C=O) groups excluding carboxylic acids is 2. The zero-order chi connectivity index (χ0) is 23.4. The number of para-hydroxylation sites is 1. The zero-order valence-corrected chi connectivity index (χ0v) is 19.6. The number of amides is 2. The molecule has 1 aromatic rings. The van der Waals surface area contributed by atoms with E-state index in [4.69, 9.17) is 14.2 Å². The molecule has 4 aliphatic carbocycles. The van der Waals surface area contributed by atoms with Crippen molar-refractivity contribution in [1.82, 2.24) is 10.6 Å². The van der Waals surface area contributed by atoms with Crippen LogP contribution in [0, 0.1) is 23.2 Å². The molecule has 1 unspecified atom stereocenters. The molecule has 0 aromatic heterocycles. The molecule has 0 heterocycles. The van der Waals surface area contributed by atoms with Crippen molar-refractivity contribution in [2.24, 2.45) is 23.2 Å². The Bertz CT molecular complexity index is 800. The van der Waals surface area contributed by atoms with E-state index >= 15 is 0 Å². The SMILES string of the molecule is COc1cccc(OC)c1OCC(O)CNC(=O)CCNC(=O)C12CC3CC(CC(C3)C1)C2. The molecule has 8 nitrogen and oxygen atoms in total. The lowest BCUT2D eigenvalue weighted by atomic mass is 9.49. The van der Waals surface area contributed by atoms with E-state index in [1.165, 1.54) is 33.5 Å². The van der Waals surface area contributed by atoms with Gasteiger partial charge in [0.05, 0.1) is 14.2 Å². The number of benzene rings is 1. The number of ether oxygens (including phenoxy) is 3. The second-order valence-corrected chi connectivity index (χ2v) is 9.96. The minimum absolute atomic E-state index is 0.0280. The topological polar surface area (TPSA) is 106 Å². The molecule has 0 spiro atoms. The van der Waals surface area contributed by atoms with Crippen molar-refractivity contribution in [3.8, 4) is 17.2 Å². The van der Waals surface area contributed by atoms with Gasteiger partial charge in [-0.05, 0) is 68.4 Å². The van der Waals surface area contributed by atoms with Crippen LogP contribution in [-0.4, -0.2) is 56.9 Å². The Labute approximate surface area is 195 Å². The Balaban J connectivity index is 1.16. The number of methoxy groups -OCH3 is 2.